The van der Waals surface area contributed by atoms with Crippen LogP contribution in [-0.2, 0) is 6.54 Å². The van der Waals surface area contributed by atoms with Crippen LogP contribution < -0.4 is 10.2 Å². The van der Waals surface area contributed by atoms with Gasteiger partial charge in [-0.1, -0.05) is 31.0 Å². The van der Waals surface area contributed by atoms with Crippen molar-refractivity contribution in [2.75, 3.05) is 43.4 Å². The van der Waals surface area contributed by atoms with E-state index in [4.69, 9.17) is 10.1 Å². The molecule has 0 radical (unpaired) electrons. The Kier molecular flexibility index (Phi) is 7.37. The Morgan fingerprint density at radius 2 is 1.75 bits per heavy atom. The predicted octanol–water partition coefficient (Wildman–Crippen LogP) is 4.20. The molecule has 3 aromatic rings. The van der Waals surface area contributed by atoms with Crippen molar-refractivity contribution in [3.8, 4) is 5.69 Å². The van der Waals surface area contributed by atoms with Gasteiger partial charge in [-0.15, -0.1) is 0 Å². The summed E-state index contributed by atoms with van der Waals surface area (Å²) >= 11 is 0. The Labute approximate surface area is 191 Å². The van der Waals surface area contributed by atoms with Crippen molar-refractivity contribution in [1.82, 2.24) is 24.6 Å². The topological polar surface area (TPSA) is 62.1 Å². The first kappa shape index (κ1) is 22.3. The summed E-state index contributed by atoms with van der Waals surface area (Å²) in [6.07, 6.45) is 7.00. The van der Waals surface area contributed by atoms with Crippen molar-refractivity contribution >= 4 is 11.8 Å². The van der Waals surface area contributed by atoms with Crippen molar-refractivity contribution in [3.05, 3.63) is 59.5 Å². The number of aromatic nitrogens is 4. The Hall–Kier alpha value is -2.93. The quantitative estimate of drug-likeness (QED) is 0.574. The number of nitrogens with zero attached hydrogens (tertiary/aromatic N) is 6. The zero-order valence-corrected chi connectivity index (χ0v) is 19.6. The summed E-state index contributed by atoms with van der Waals surface area (Å²) in [6, 6.07) is 12.3. The van der Waals surface area contributed by atoms with E-state index < -0.39 is 0 Å². The zero-order chi connectivity index (χ0) is 22.3. The van der Waals surface area contributed by atoms with Crippen LogP contribution in [-0.4, -0.2) is 57.9 Å². The lowest BCUT2D eigenvalue weighted by molar-refractivity contribution is 0.338. The molecule has 0 unspecified atom stereocenters. The second kappa shape index (κ2) is 10.6. The third-order valence-electron chi connectivity index (χ3n) is 6.22. The van der Waals surface area contributed by atoms with Crippen LogP contribution in [0.2, 0.25) is 0 Å². The van der Waals surface area contributed by atoms with Crippen molar-refractivity contribution in [1.29, 1.82) is 0 Å². The molecule has 0 atom stereocenters. The highest BCUT2D eigenvalue weighted by Crippen LogP contribution is 2.20. The Morgan fingerprint density at radius 3 is 2.50 bits per heavy atom. The molecule has 1 saturated heterocycles. The molecule has 1 aliphatic rings. The molecule has 1 fully saturated rings. The van der Waals surface area contributed by atoms with E-state index in [0.29, 0.717) is 5.95 Å². The molecule has 0 amide bonds. The SMILES string of the molecule is Cc1nn(-c2ccccc2)c(C)c1CN(C)CCNc1nccc(N2CCCCCC2)n1. The van der Waals surface area contributed by atoms with E-state index in [9.17, 15) is 0 Å². The number of aryl methyl sites for hydroxylation is 1. The summed E-state index contributed by atoms with van der Waals surface area (Å²) in [5, 5.41) is 8.18. The summed E-state index contributed by atoms with van der Waals surface area (Å²) < 4.78 is 2.04. The third kappa shape index (κ3) is 5.46. The number of hydrogen-bond donors (Lipinski definition) is 1. The van der Waals surface area contributed by atoms with E-state index in [1.165, 1.54) is 36.9 Å². The van der Waals surface area contributed by atoms with Crippen LogP contribution >= 0.6 is 0 Å². The fraction of sp³-hybridized carbons (Fsp3) is 0.480. The van der Waals surface area contributed by atoms with Gasteiger partial charge < -0.3 is 15.1 Å². The van der Waals surface area contributed by atoms with Gasteiger partial charge in [0.05, 0.1) is 11.4 Å². The van der Waals surface area contributed by atoms with Crippen LogP contribution in [0.1, 0.15) is 42.6 Å². The van der Waals surface area contributed by atoms with Crippen LogP contribution in [0.5, 0.6) is 0 Å². The van der Waals surface area contributed by atoms with Gasteiger partial charge in [0, 0.05) is 50.2 Å². The molecular formula is C25H35N7. The highest BCUT2D eigenvalue weighted by molar-refractivity contribution is 5.42. The van der Waals surface area contributed by atoms with E-state index in [2.05, 4.69) is 53.1 Å². The van der Waals surface area contributed by atoms with Gasteiger partial charge >= 0.3 is 0 Å². The number of likely N-dealkylation sites (N-methyl/N-ethyl adjacent to an activating group) is 1. The molecule has 1 N–H and O–H groups in total. The van der Waals surface area contributed by atoms with E-state index in [-0.39, 0.29) is 0 Å². The van der Waals surface area contributed by atoms with Crippen molar-refractivity contribution in [2.24, 2.45) is 0 Å². The van der Waals surface area contributed by atoms with Gasteiger partial charge in [-0.3, -0.25) is 0 Å². The minimum Gasteiger partial charge on any atom is -0.356 e. The summed E-state index contributed by atoms with van der Waals surface area (Å²) in [5.74, 6) is 1.75. The number of hydrogen-bond acceptors (Lipinski definition) is 6. The molecule has 7 heteroatoms. The molecule has 0 bridgehead atoms. The van der Waals surface area contributed by atoms with Gasteiger partial charge in [-0.05, 0) is 51.9 Å². The van der Waals surface area contributed by atoms with Crippen LogP contribution in [0.3, 0.4) is 0 Å². The first-order valence-corrected chi connectivity index (χ1v) is 11.7. The van der Waals surface area contributed by atoms with E-state index in [0.717, 1.165) is 49.9 Å². The Morgan fingerprint density at radius 1 is 1.00 bits per heavy atom. The molecule has 170 valence electrons. The van der Waals surface area contributed by atoms with Gasteiger partial charge in [0.15, 0.2) is 0 Å². The minimum absolute atomic E-state index is 0.712. The number of nitrogens with one attached hydrogen (secondary N) is 1. The fourth-order valence-electron chi connectivity index (χ4n) is 4.34. The van der Waals surface area contributed by atoms with Crippen LogP contribution in [0.25, 0.3) is 5.69 Å². The lowest BCUT2D eigenvalue weighted by Gasteiger charge is -2.22. The monoisotopic (exact) mass is 433 g/mol. The standard InChI is InChI=1S/C25H35N7/c1-20-23(21(2)32(29-20)22-11-7-6-8-12-22)19-30(3)18-15-27-25-26-14-13-24(28-25)31-16-9-4-5-10-17-31/h6-8,11-14H,4-5,9-10,15-19H2,1-3H3,(H,26,27,28). The molecule has 0 aliphatic carbocycles. The summed E-state index contributed by atoms with van der Waals surface area (Å²) in [4.78, 5) is 13.9. The Bertz CT molecular complexity index is 991. The average molecular weight is 434 g/mol. The first-order valence-electron chi connectivity index (χ1n) is 11.7. The van der Waals surface area contributed by atoms with Crippen molar-refractivity contribution in [2.45, 2.75) is 46.1 Å². The van der Waals surface area contributed by atoms with Crippen LogP contribution in [0, 0.1) is 13.8 Å². The first-order chi connectivity index (χ1) is 15.6. The number of anilines is 2. The maximum absolute atomic E-state index is 4.77. The van der Waals surface area contributed by atoms with E-state index >= 15 is 0 Å². The molecule has 2 aromatic heterocycles. The van der Waals surface area contributed by atoms with Crippen molar-refractivity contribution in [3.63, 3.8) is 0 Å². The fourth-order valence-corrected chi connectivity index (χ4v) is 4.34. The highest BCUT2D eigenvalue weighted by atomic mass is 15.3. The molecule has 1 aliphatic heterocycles. The molecule has 0 spiro atoms. The number of rotatable bonds is 8. The molecule has 7 nitrogen and oxygen atoms in total. The molecular weight excluding hydrogens is 398 g/mol. The molecule has 3 heterocycles. The lowest BCUT2D eigenvalue weighted by Crippen LogP contribution is -2.27. The maximum Gasteiger partial charge on any atom is 0.224 e. The molecule has 4 rings (SSSR count). The lowest BCUT2D eigenvalue weighted by atomic mass is 10.2. The van der Waals surface area contributed by atoms with E-state index in [1.54, 1.807) is 0 Å². The average Bonchev–Trinajstić information content (AvgIpc) is 2.99. The predicted molar refractivity (Wildman–Crippen MR) is 131 cm³/mol. The van der Waals surface area contributed by atoms with Crippen LogP contribution in [0.15, 0.2) is 42.6 Å². The van der Waals surface area contributed by atoms with Gasteiger partial charge in [-0.2, -0.15) is 10.1 Å². The second-order valence-corrected chi connectivity index (χ2v) is 8.70. The zero-order valence-electron chi connectivity index (χ0n) is 19.6. The number of benzene rings is 1. The number of para-hydroxylation sites is 1. The smallest absolute Gasteiger partial charge is 0.224 e. The second-order valence-electron chi connectivity index (χ2n) is 8.70. The van der Waals surface area contributed by atoms with Gasteiger partial charge in [-0.25, -0.2) is 9.67 Å². The third-order valence-corrected chi connectivity index (χ3v) is 6.22. The van der Waals surface area contributed by atoms with Gasteiger partial charge in [0.25, 0.3) is 0 Å². The minimum atomic E-state index is 0.712. The van der Waals surface area contributed by atoms with E-state index in [1.807, 2.05) is 35.1 Å². The largest absolute Gasteiger partial charge is 0.356 e. The van der Waals surface area contributed by atoms with Gasteiger partial charge in [0.1, 0.15) is 5.82 Å². The Balaban J connectivity index is 1.32. The van der Waals surface area contributed by atoms with Crippen LogP contribution in [0.4, 0.5) is 11.8 Å². The molecule has 1 aromatic carbocycles. The molecule has 32 heavy (non-hydrogen) atoms. The highest BCUT2D eigenvalue weighted by Gasteiger charge is 2.15. The maximum atomic E-state index is 4.77. The summed E-state index contributed by atoms with van der Waals surface area (Å²) in [6.45, 7) is 8.98. The summed E-state index contributed by atoms with van der Waals surface area (Å²) in [5.41, 5.74) is 4.67. The summed E-state index contributed by atoms with van der Waals surface area (Å²) in [7, 11) is 2.15. The van der Waals surface area contributed by atoms with Gasteiger partial charge in [0.2, 0.25) is 5.95 Å². The normalized spacial score (nSPS) is 14.6. The molecule has 0 saturated carbocycles. The van der Waals surface area contributed by atoms with Crippen molar-refractivity contribution < 1.29 is 0 Å².